The quantitative estimate of drug-likeness (QED) is 0.303. The molecule has 72 valence electrons. The predicted octanol–water partition coefficient (Wildman–Crippen LogP) is -2.32. The van der Waals surface area contributed by atoms with E-state index in [0.717, 1.165) is 0 Å². The van der Waals surface area contributed by atoms with Crippen LogP contribution in [0.15, 0.2) is 0 Å². The molecule has 0 amide bonds. The lowest BCUT2D eigenvalue weighted by atomic mass is 9.99. The molecular weight excluding hydrogens is 182 g/mol. The molecule has 1 rings (SSSR count). The highest BCUT2D eigenvalue weighted by atomic mass is 32.1. The molecule has 5 atom stereocenters. The number of aliphatic hydroxyl groups is 3. The predicted molar refractivity (Wildman–Crippen MR) is 44.7 cm³/mol. The van der Waals surface area contributed by atoms with Crippen LogP contribution in [0.4, 0.5) is 0 Å². The zero-order valence-electron chi connectivity index (χ0n) is 6.37. The summed E-state index contributed by atoms with van der Waals surface area (Å²) in [5.74, 6) is 0. The molecule has 5 nitrogen and oxygen atoms in total. The van der Waals surface area contributed by atoms with Crippen LogP contribution in [0.25, 0.3) is 0 Å². The third-order valence-electron chi connectivity index (χ3n) is 1.95. The third-order valence-corrected chi connectivity index (χ3v) is 2.41. The van der Waals surface area contributed by atoms with E-state index in [1.165, 1.54) is 0 Å². The number of aliphatic hydroxyl groups excluding tert-OH is 3. The second-order valence-electron chi connectivity index (χ2n) is 2.81. The summed E-state index contributed by atoms with van der Waals surface area (Å²) in [6.07, 6.45) is -3.05. The summed E-state index contributed by atoms with van der Waals surface area (Å²) in [4.78, 5) is 0. The Balaban J connectivity index is 2.63. The van der Waals surface area contributed by atoms with Crippen molar-refractivity contribution in [2.75, 3.05) is 6.61 Å². The normalized spacial score (nSPS) is 49.2. The molecule has 0 bridgehead atoms. The highest BCUT2D eigenvalue weighted by Gasteiger charge is 2.40. The molecule has 0 saturated carbocycles. The molecule has 0 aromatic rings. The summed E-state index contributed by atoms with van der Waals surface area (Å²) < 4.78 is 5.01. The Hall–Kier alpha value is 0.150. The molecular formula is C6H13NO4S. The fourth-order valence-corrected chi connectivity index (χ4v) is 1.45. The van der Waals surface area contributed by atoms with Crippen molar-refractivity contribution in [1.82, 2.24) is 0 Å². The Bertz CT molecular complexity index is 154. The number of hydrogen-bond acceptors (Lipinski definition) is 6. The Labute approximate surface area is 75.5 Å². The van der Waals surface area contributed by atoms with Crippen LogP contribution in [0.3, 0.4) is 0 Å². The molecule has 1 aliphatic heterocycles. The van der Waals surface area contributed by atoms with Crippen LogP contribution in [0.5, 0.6) is 0 Å². The Morgan fingerprint density at radius 2 is 1.92 bits per heavy atom. The average molecular weight is 195 g/mol. The van der Waals surface area contributed by atoms with Gasteiger partial charge in [-0.25, -0.2) is 0 Å². The van der Waals surface area contributed by atoms with Gasteiger partial charge in [0.2, 0.25) is 0 Å². The van der Waals surface area contributed by atoms with Crippen LogP contribution in [0.2, 0.25) is 0 Å². The van der Waals surface area contributed by atoms with Crippen molar-refractivity contribution in [3.63, 3.8) is 0 Å². The summed E-state index contributed by atoms with van der Waals surface area (Å²) in [5.41, 5.74) is 4.78. The van der Waals surface area contributed by atoms with Crippen LogP contribution in [0.1, 0.15) is 0 Å². The number of hydrogen-bond donors (Lipinski definition) is 5. The van der Waals surface area contributed by atoms with E-state index in [1.807, 2.05) is 0 Å². The number of rotatable bonds is 1. The maximum atomic E-state index is 9.30. The first kappa shape index (κ1) is 10.2. The van der Waals surface area contributed by atoms with Gasteiger partial charge in [0.15, 0.2) is 0 Å². The van der Waals surface area contributed by atoms with Gasteiger partial charge in [-0.05, 0) is 0 Å². The highest BCUT2D eigenvalue weighted by Crippen LogP contribution is 2.21. The first-order valence-corrected chi connectivity index (χ1v) is 4.15. The molecule has 0 spiro atoms. The first-order chi connectivity index (χ1) is 5.57. The van der Waals surface area contributed by atoms with Gasteiger partial charge in [0, 0.05) is 0 Å². The van der Waals surface area contributed by atoms with Gasteiger partial charge in [0.25, 0.3) is 0 Å². The lowest BCUT2D eigenvalue weighted by molar-refractivity contribution is -0.165. The van der Waals surface area contributed by atoms with Gasteiger partial charge in [0.1, 0.15) is 23.7 Å². The smallest absolute Gasteiger partial charge is 0.118 e. The molecule has 0 aromatic heterocycles. The van der Waals surface area contributed by atoms with Crippen LogP contribution in [-0.4, -0.2) is 51.7 Å². The second-order valence-corrected chi connectivity index (χ2v) is 3.32. The van der Waals surface area contributed by atoms with Crippen LogP contribution in [0, 0.1) is 0 Å². The van der Waals surface area contributed by atoms with Crippen molar-refractivity contribution in [3.8, 4) is 0 Å². The number of ether oxygens (including phenoxy) is 1. The van der Waals surface area contributed by atoms with Gasteiger partial charge in [0.05, 0.1) is 12.6 Å². The minimum Gasteiger partial charge on any atom is -0.394 e. The van der Waals surface area contributed by atoms with E-state index >= 15 is 0 Å². The van der Waals surface area contributed by atoms with E-state index in [-0.39, 0.29) is 6.61 Å². The van der Waals surface area contributed by atoms with E-state index < -0.39 is 29.8 Å². The molecule has 1 heterocycles. The molecule has 12 heavy (non-hydrogen) atoms. The minimum atomic E-state index is -1.15. The monoisotopic (exact) mass is 195 g/mol. The summed E-state index contributed by atoms with van der Waals surface area (Å²) in [6.45, 7) is -0.359. The molecule has 1 fully saturated rings. The van der Waals surface area contributed by atoms with Gasteiger partial charge in [-0.1, -0.05) is 0 Å². The van der Waals surface area contributed by atoms with Crippen LogP contribution in [-0.2, 0) is 4.74 Å². The zero-order valence-corrected chi connectivity index (χ0v) is 7.26. The van der Waals surface area contributed by atoms with Crippen molar-refractivity contribution < 1.29 is 20.1 Å². The van der Waals surface area contributed by atoms with E-state index in [2.05, 4.69) is 12.6 Å². The van der Waals surface area contributed by atoms with E-state index in [1.54, 1.807) is 0 Å². The lowest BCUT2D eigenvalue weighted by Crippen LogP contribution is -2.60. The van der Waals surface area contributed by atoms with Crippen molar-refractivity contribution in [2.24, 2.45) is 5.73 Å². The lowest BCUT2D eigenvalue weighted by Gasteiger charge is -2.38. The summed E-state index contributed by atoms with van der Waals surface area (Å²) in [6, 6.07) is -0.730. The van der Waals surface area contributed by atoms with Crippen LogP contribution >= 0.6 is 12.6 Å². The maximum absolute atomic E-state index is 9.30. The molecule has 6 heteroatoms. The van der Waals surface area contributed by atoms with E-state index in [0.29, 0.717) is 0 Å². The van der Waals surface area contributed by atoms with Gasteiger partial charge in [-0.15, -0.1) is 12.6 Å². The largest absolute Gasteiger partial charge is 0.394 e. The number of thiol groups is 1. The molecule has 1 saturated heterocycles. The van der Waals surface area contributed by atoms with E-state index in [4.69, 9.17) is 15.6 Å². The minimum absolute atomic E-state index is 0.359. The summed E-state index contributed by atoms with van der Waals surface area (Å²) in [5, 5.41) is 27.3. The van der Waals surface area contributed by atoms with E-state index in [9.17, 15) is 10.2 Å². The highest BCUT2D eigenvalue weighted by molar-refractivity contribution is 7.80. The van der Waals surface area contributed by atoms with Crippen molar-refractivity contribution >= 4 is 12.6 Å². The zero-order chi connectivity index (χ0) is 9.30. The Morgan fingerprint density at radius 1 is 1.33 bits per heavy atom. The van der Waals surface area contributed by atoms with Gasteiger partial charge in [-0.2, -0.15) is 0 Å². The first-order valence-electron chi connectivity index (χ1n) is 3.64. The standard InChI is InChI=1S/C6H13NO4S/c7-3-5(10)4(9)2(1-8)11-6(3)12/h2-6,8-10,12H,1,7H2/t2-,3-,4+,5-,6-/m1/s1. The molecule has 0 aromatic carbocycles. The van der Waals surface area contributed by atoms with Crippen LogP contribution < -0.4 is 5.73 Å². The fourth-order valence-electron chi connectivity index (χ4n) is 1.12. The molecule has 5 N–H and O–H groups in total. The fraction of sp³-hybridized carbons (Fsp3) is 1.00. The molecule has 0 radical (unpaired) electrons. The van der Waals surface area contributed by atoms with Gasteiger partial charge >= 0.3 is 0 Å². The van der Waals surface area contributed by atoms with Gasteiger partial charge < -0.3 is 25.8 Å². The SMILES string of the molecule is N[C@@H]1[C@@H](O)[C@@H](O)[C@@H](CO)O[C@@H]1S. The Morgan fingerprint density at radius 3 is 2.42 bits per heavy atom. The Kier molecular flexibility index (Phi) is 3.33. The van der Waals surface area contributed by atoms with Crippen molar-refractivity contribution in [3.05, 3.63) is 0 Å². The molecule has 1 aliphatic rings. The molecule has 0 aliphatic carbocycles. The number of nitrogens with two attached hydrogens (primary N) is 1. The van der Waals surface area contributed by atoms with Crippen molar-refractivity contribution in [2.45, 2.75) is 29.8 Å². The average Bonchev–Trinajstić information content (AvgIpc) is 2.08. The summed E-state index contributed by atoms with van der Waals surface area (Å²) >= 11 is 3.94. The third kappa shape index (κ3) is 1.73. The summed E-state index contributed by atoms with van der Waals surface area (Å²) in [7, 11) is 0. The second kappa shape index (κ2) is 3.91. The maximum Gasteiger partial charge on any atom is 0.118 e. The topological polar surface area (TPSA) is 95.9 Å². The van der Waals surface area contributed by atoms with Gasteiger partial charge in [-0.3, -0.25) is 0 Å². The molecule has 0 unspecified atom stereocenters. The van der Waals surface area contributed by atoms with Crippen molar-refractivity contribution in [1.29, 1.82) is 0 Å².